The smallest absolute Gasteiger partial charge is 0.465 e. The van der Waals surface area contributed by atoms with E-state index < -0.39 is 13.1 Å². The maximum absolute atomic E-state index is 11.6. The lowest BCUT2D eigenvalue weighted by atomic mass is 9.74. The topological polar surface area (TPSA) is 44.8 Å². The van der Waals surface area contributed by atoms with Gasteiger partial charge in [0.25, 0.3) is 0 Å². The largest absolute Gasteiger partial charge is 0.496 e. The number of halogens is 1. The van der Waals surface area contributed by atoms with E-state index >= 15 is 0 Å². The second kappa shape index (κ2) is 5.76. The van der Waals surface area contributed by atoms with Gasteiger partial charge in [-0.25, -0.2) is 4.79 Å². The van der Waals surface area contributed by atoms with E-state index in [9.17, 15) is 4.79 Å². The van der Waals surface area contributed by atoms with Gasteiger partial charge in [0, 0.05) is 16.6 Å². The Labute approximate surface area is 124 Å². The summed E-state index contributed by atoms with van der Waals surface area (Å²) in [7, 11) is 0.765. The van der Waals surface area contributed by atoms with Crippen molar-refractivity contribution >= 4 is 30.2 Å². The van der Waals surface area contributed by atoms with Crippen LogP contribution in [0.1, 0.15) is 37.6 Å². The molecule has 0 spiro atoms. The summed E-state index contributed by atoms with van der Waals surface area (Å²) >= 11 is 6.21. The Morgan fingerprint density at radius 3 is 2.80 bits per heavy atom. The van der Waals surface area contributed by atoms with E-state index in [1.54, 1.807) is 18.2 Å². The van der Waals surface area contributed by atoms with Crippen molar-refractivity contribution in [3.05, 3.63) is 28.8 Å². The van der Waals surface area contributed by atoms with E-state index in [4.69, 9.17) is 25.6 Å². The Bertz CT molecular complexity index is 518. The fourth-order valence-electron chi connectivity index (χ4n) is 2.42. The molecule has 1 saturated heterocycles. The molecule has 1 aromatic rings. The van der Waals surface area contributed by atoms with Gasteiger partial charge in [-0.15, -0.1) is 0 Å². The molecule has 6 heteroatoms. The van der Waals surface area contributed by atoms with Gasteiger partial charge in [-0.05, 0) is 45.4 Å². The molecule has 1 atom stereocenters. The lowest BCUT2D eigenvalue weighted by Gasteiger charge is -2.38. The van der Waals surface area contributed by atoms with Gasteiger partial charge >= 0.3 is 13.1 Å². The Hall–Kier alpha value is -1.04. The fraction of sp³-hybridized carbons (Fsp3) is 0.500. The van der Waals surface area contributed by atoms with Crippen LogP contribution in [-0.4, -0.2) is 31.9 Å². The number of carbonyl (C=O) groups excluding carboxylic acids is 1. The molecule has 0 bridgehead atoms. The maximum Gasteiger partial charge on any atom is 0.496 e. The monoisotopic (exact) mass is 296 g/mol. The third-order valence-electron chi connectivity index (χ3n) is 3.23. The van der Waals surface area contributed by atoms with Gasteiger partial charge in [-0.2, -0.15) is 0 Å². The summed E-state index contributed by atoms with van der Waals surface area (Å²) in [6.45, 7) is 6.02. The van der Waals surface area contributed by atoms with Gasteiger partial charge < -0.3 is 14.0 Å². The van der Waals surface area contributed by atoms with E-state index in [0.29, 0.717) is 16.0 Å². The molecule has 1 heterocycles. The highest BCUT2D eigenvalue weighted by atomic mass is 35.5. The molecule has 4 nitrogen and oxygen atoms in total. The summed E-state index contributed by atoms with van der Waals surface area (Å²) in [4.78, 5) is 11.6. The van der Waals surface area contributed by atoms with E-state index in [1.165, 1.54) is 7.11 Å². The normalized spacial score (nSPS) is 21.6. The summed E-state index contributed by atoms with van der Waals surface area (Å²) < 4.78 is 16.4. The Kier molecular flexibility index (Phi) is 4.42. The number of esters is 1. The van der Waals surface area contributed by atoms with Crippen LogP contribution in [0.3, 0.4) is 0 Å². The quantitative estimate of drug-likeness (QED) is 0.621. The van der Waals surface area contributed by atoms with Gasteiger partial charge in [0.2, 0.25) is 0 Å². The number of ether oxygens (including phenoxy) is 1. The molecule has 1 unspecified atom stereocenters. The van der Waals surface area contributed by atoms with Crippen molar-refractivity contribution in [3.8, 4) is 0 Å². The number of methoxy groups -OCH3 is 1. The molecule has 1 fully saturated rings. The number of rotatable bonds is 2. The Morgan fingerprint density at radius 1 is 1.50 bits per heavy atom. The molecule has 0 radical (unpaired) electrons. The Morgan fingerprint density at radius 2 is 2.20 bits per heavy atom. The molecule has 1 aliphatic rings. The van der Waals surface area contributed by atoms with Crippen LogP contribution >= 0.6 is 11.6 Å². The van der Waals surface area contributed by atoms with Crippen LogP contribution in [-0.2, 0) is 14.0 Å². The number of benzene rings is 1. The molecule has 1 aromatic carbocycles. The molecule has 0 amide bonds. The standard InChI is InChI=1S/C14H18BClO4/c1-9-8-14(2,3)20-15(19-9)11-7-10(13(17)18-4)5-6-12(11)16/h5-7,9H,8H2,1-4H3. The molecule has 0 N–H and O–H groups in total. The zero-order valence-electron chi connectivity index (χ0n) is 12.1. The molecule has 2 rings (SSSR count). The lowest BCUT2D eigenvalue weighted by Crippen LogP contribution is -2.52. The summed E-state index contributed by atoms with van der Waals surface area (Å²) in [5.41, 5.74) is 0.775. The highest BCUT2D eigenvalue weighted by Crippen LogP contribution is 2.26. The van der Waals surface area contributed by atoms with Crippen LogP contribution in [0.15, 0.2) is 18.2 Å². The molecular formula is C14H18BClO4. The van der Waals surface area contributed by atoms with Crippen molar-refractivity contribution in [2.75, 3.05) is 7.11 Å². The summed E-state index contributed by atoms with van der Waals surface area (Å²) in [5, 5.41) is 0.507. The van der Waals surface area contributed by atoms with E-state index in [0.717, 1.165) is 6.42 Å². The van der Waals surface area contributed by atoms with E-state index in [-0.39, 0.29) is 11.7 Å². The third-order valence-corrected chi connectivity index (χ3v) is 3.58. The zero-order valence-corrected chi connectivity index (χ0v) is 12.9. The number of hydrogen-bond donors (Lipinski definition) is 0. The molecule has 0 aromatic heterocycles. The van der Waals surface area contributed by atoms with E-state index in [1.807, 2.05) is 20.8 Å². The first-order valence-electron chi connectivity index (χ1n) is 6.53. The minimum atomic E-state index is -0.578. The molecule has 20 heavy (non-hydrogen) atoms. The zero-order chi connectivity index (χ0) is 14.9. The van der Waals surface area contributed by atoms with Gasteiger partial charge in [0.1, 0.15) is 0 Å². The third kappa shape index (κ3) is 3.34. The molecule has 0 aliphatic carbocycles. The van der Waals surface area contributed by atoms with Crippen LogP contribution < -0.4 is 5.46 Å². The maximum atomic E-state index is 11.6. The van der Waals surface area contributed by atoms with Crippen LogP contribution in [0.5, 0.6) is 0 Å². The highest BCUT2D eigenvalue weighted by molar-refractivity contribution is 6.65. The predicted molar refractivity (Wildman–Crippen MR) is 78.5 cm³/mol. The van der Waals surface area contributed by atoms with Crippen molar-refractivity contribution < 1.29 is 18.8 Å². The fourth-order valence-corrected chi connectivity index (χ4v) is 2.63. The van der Waals surface area contributed by atoms with Crippen molar-refractivity contribution in [1.29, 1.82) is 0 Å². The first-order valence-corrected chi connectivity index (χ1v) is 6.91. The average Bonchev–Trinajstić information content (AvgIpc) is 2.36. The highest BCUT2D eigenvalue weighted by Gasteiger charge is 2.39. The van der Waals surface area contributed by atoms with Crippen molar-refractivity contribution in [1.82, 2.24) is 0 Å². The van der Waals surface area contributed by atoms with Crippen LogP contribution in [0.2, 0.25) is 5.02 Å². The average molecular weight is 297 g/mol. The molecular weight excluding hydrogens is 278 g/mol. The summed E-state index contributed by atoms with van der Waals surface area (Å²) in [6.07, 6.45) is 0.860. The first kappa shape index (κ1) is 15.4. The first-order chi connectivity index (χ1) is 9.32. The van der Waals surface area contributed by atoms with Gasteiger partial charge in [0.15, 0.2) is 0 Å². The summed E-state index contributed by atoms with van der Waals surface area (Å²) in [6, 6.07) is 4.93. The number of carbonyl (C=O) groups is 1. The van der Waals surface area contributed by atoms with Gasteiger partial charge in [0.05, 0.1) is 18.3 Å². The van der Waals surface area contributed by atoms with Gasteiger partial charge in [-0.3, -0.25) is 0 Å². The SMILES string of the molecule is COC(=O)c1ccc(Cl)c(B2OC(C)CC(C)(C)O2)c1. The second-order valence-corrected chi connectivity index (χ2v) is 6.00. The van der Waals surface area contributed by atoms with Crippen molar-refractivity contribution in [2.24, 2.45) is 0 Å². The number of hydrogen-bond acceptors (Lipinski definition) is 4. The summed E-state index contributed by atoms with van der Waals surface area (Å²) in [5.74, 6) is -0.411. The van der Waals surface area contributed by atoms with Gasteiger partial charge in [-0.1, -0.05) is 11.6 Å². The molecule has 108 valence electrons. The minimum Gasteiger partial charge on any atom is -0.465 e. The molecule has 0 saturated carbocycles. The van der Waals surface area contributed by atoms with Crippen molar-refractivity contribution in [2.45, 2.75) is 38.9 Å². The van der Waals surface area contributed by atoms with Crippen LogP contribution in [0.4, 0.5) is 0 Å². The lowest BCUT2D eigenvalue weighted by molar-refractivity contribution is -0.0229. The van der Waals surface area contributed by atoms with Crippen molar-refractivity contribution in [3.63, 3.8) is 0 Å². The van der Waals surface area contributed by atoms with Crippen LogP contribution in [0.25, 0.3) is 0 Å². The van der Waals surface area contributed by atoms with Crippen LogP contribution in [0, 0.1) is 0 Å². The second-order valence-electron chi connectivity index (χ2n) is 5.59. The molecule has 1 aliphatic heterocycles. The van der Waals surface area contributed by atoms with E-state index in [2.05, 4.69) is 0 Å². The minimum absolute atomic E-state index is 0.0570. The Balaban J connectivity index is 2.33. The predicted octanol–water partition coefficient (Wildman–Crippen LogP) is 2.43.